The van der Waals surface area contributed by atoms with Crippen LogP contribution in [0.4, 0.5) is 5.82 Å². The lowest BCUT2D eigenvalue weighted by Gasteiger charge is -2.33. The zero-order valence-corrected chi connectivity index (χ0v) is 9.47. The summed E-state index contributed by atoms with van der Waals surface area (Å²) in [4.78, 5) is 27.2. The fraction of sp³-hybridized carbons (Fsp3) is 0.364. The maximum Gasteiger partial charge on any atom is 0.271 e. The number of hydrogen-bond donors (Lipinski definition) is 3. The number of amides is 2. The number of carbonyl (C=O) groups is 2. The van der Waals surface area contributed by atoms with Gasteiger partial charge in [-0.1, -0.05) is 0 Å². The van der Waals surface area contributed by atoms with Crippen molar-refractivity contribution in [1.82, 2.24) is 10.3 Å². The topological polar surface area (TPSA) is 106 Å². The van der Waals surface area contributed by atoms with Gasteiger partial charge in [-0.15, -0.1) is 0 Å². The van der Waals surface area contributed by atoms with Crippen LogP contribution in [0, 0.1) is 0 Å². The normalized spacial score (nSPS) is 29.6. The highest BCUT2D eigenvalue weighted by Gasteiger charge is 2.51. The molecule has 1 fully saturated rings. The highest BCUT2D eigenvalue weighted by molar-refractivity contribution is 6.01. The van der Waals surface area contributed by atoms with Gasteiger partial charge in [-0.25, -0.2) is 4.98 Å². The van der Waals surface area contributed by atoms with Crippen LogP contribution in [0.5, 0.6) is 5.75 Å². The molecule has 4 N–H and O–H groups in total. The highest BCUT2D eigenvalue weighted by Crippen LogP contribution is 2.35. The van der Waals surface area contributed by atoms with Crippen LogP contribution in [0.2, 0.25) is 0 Å². The van der Waals surface area contributed by atoms with Crippen LogP contribution < -0.4 is 21.1 Å². The first-order valence-corrected chi connectivity index (χ1v) is 5.59. The molecule has 0 radical (unpaired) electrons. The monoisotopic (exact) mass is 248 g/mol. The second kappa shape index (κ2) is 3.67. The molecule has 7 nitrogen and oxygen atoms in total. The molecule has 2 amide bonds. The molecule has 3 heterocycles. The molecule has 0 aliphatic carbocycles. The van der Waals surface area contributed by atoms with Crippen molar-refractivity contribution in [2.45, 2.75) is 18.1 Å². The molecule has 1 aromatic rings. The van der Waals surface area contributed by atoms with E-state index in [-0.39, 0.29) is 18.9 Å². The number of nitrogens with one attached hydrogen (secondary N) is 2. The SMILES string of the molecule is NC(=O)[C@@H]1C[C@]2(CN1)Oc1cccnc1NC2=O. The number of nitrogens with zero attached hydrogens (tertiary/aromatic N) is 1. The Kier molecular flexibility index (Phi) is 2.24. The van der Waals surface area contributed by atoms with Crippen molar-refractivity contribution >= 4 is 17.6 Å². The van der Waals surface area contributed by atoms with Gasteiger partial charge in [0.25, 0.3) is 5.91 Å². The molecule has 0 unspecified atom stereocenters. The fourth-order valence-corrected chi connectivity index (χ4v) is 2.26. The molecule has 3 rings (SSSR count). The molecule has 2 atom stereocenters. The van der Waals surface area contributed by atoms with Crippen molar-refractivity contribution in [2.75, 3.05) is 11.9 Å². The van der Waals surface area contributed by atoms with E-state index in [0.717, 1.165) is 0 Å². The summed E-state index contributed by atoms with van der Waals surface area (Å²) in [7, 11) is 0. The summed E-state index contributed by atoms with van der Waals surface area (Å²) in [6.45, 7) is 0.251. The van der Waals surface area contributed by atoms with Gasteiger partial charge in [-0.2, -0.15) is 0 Å². The van der Waals surface area contributed by atoms with E-state index in [0.29, 0.717) is 11.6 Å². The van der Waals surface area contributed by atoms with E-state index in [4.69, 9.17) is 10.5 Å². The average Bonchev–Trinajstić information content (AvgIpc) is 2.76. The lowest BCUT2D eigenvalue weighted by atomic mass is 9.97. The van der Waals surface area contributed by atoms with Gasteiger partial charge < -0.3 is 21.1 Å². The van der Waals surface area contributed by atoms with Crippen molar-refractivity contribution in [3.8, 4) is 5.75 Å². The minimum Gasteiger partial charge on any atom is -0.472 e. The van der Waals surface area contributed by atoms with E-state index in [9.17, 15) is 9.59 Å². The van der Waals surface area contributed by atoms with Crippen LogP contribution >= 0.6 is 0 Å². The summed E-state index contributed by atoms with van der Waals surface area (Å²) in [6.07, 6.45) is 1.79. The quantitative estimate of drug-likeness (QED) is 0.591. The molecular formula is C11H12N4O3. The van der Waals surface area contributed by atoms with Crippen LogP contribution in [-0.2, 0) is 9.59 Å². The first-order chi connectivity index (χ1) is 8.61. The number of pyridine rings is 1. The third-order valence-electron chi connectivity index (χ3n) is 3.23. The maximum atomic E-state index is 12.1. The Balaban J connectivity index is 1.92. The highest BCUT2D eigenvalue weighted by atomic mass is 16.5. The van der Waals surface area contributed by atoms with Gasteiger partial charge in [0.05, 0.1) is 6.04 Å². The molecule has 94 valence electrons. The summed E-state index contributed by atoms with van der Waals surface area (Å²) in [5.41, 5.74) is 4.15. The van der Waals surface area contributed by atoms with Crippen LogP contribution in [0.25, 0.3) is 0 Å². The molecule has 18 heavy (non-hydrogen) atoms. The van der Waals surface area contributed by atoms with Gasteiger partial charge in [-0.05, 0) is 12.1 Å². The molecular weight excluding hydrogens is 236 g/mol. The molecule has 0 bridgehead atoms. The number of rotatable bonds is 1. The first-order valence-electron chi connectivity index (χ1n) is 5.59. The molecule has 2 aliphatic rings. The molecule has 1 saturated heterocycles. The van der Waals surface area contributed by atoms with Crippen molar-refractivity contribution in [3.05, 3.63) is 18.3 Å². The van der Waals surface area contributed by atoms with E-state index >= 15 is 0 Å². The van der Waals surface area contributed by atoms with E-state index < -0.39 is 17.6 Å². The minimum atomic E-state index is -1.07. The Bertz CT molecular complexity index is 533. The molecule has 1 aromatic heterocycles. The Morgan fingerprint density at radius 2 is 2.44 bits per heavy atom. The lowest BCUT2D eigenvalue weighted by molar-refractivity contribution is -0.131. The number of nitrogens with two attached hydrogens (primary N) is 1. The Morgan fingerprint density at radius 3 is 3.17 bits per heavy atom. The number of carbonyl (C=O) groups excluding carboxylic acids is 2. The summed E-state index contributed by atoms with van der Waals surface area (Å²) < 4.78 is 5.73. The Morgan fingerprint density at radius 1 is 1.61 bits per heavy atom. The fourth-order valence-electron chi connectivity index (χ4n) is 2.26. The maximum absolute atomic E-state index is 12.1. The van der Waals surface area contributed by atoms with Gasteiger partial charge in [0, 0.05) is 19.2 Å². The van der Waals surface area contributed by atoms with E-state index in [1.54, 1.807) is 18.3 Å². The second-order valence-corrected chi connectivity index (χ2v) is 4.44. The zero-order valence-electron chi connectivity index (χ0n) is 9.47. The second-order valence-electron chi connectivity index (χ2n) is 4.44. The van der Waals surface area contributed by atoms with Crippen LogP contribution in [-0.4, -0.2) is 35.0 Å². The van der Waals surface area contributed by atoms with Crippen LogP contribution in [0.15, 0.2) is 18.3 Å². The average molecular weight is 248 g/mol. The van der Waals surface area contributed by atoms with Gasteiger partial charge in [0.2, 0.25) is 11.5 Å². The number of aromatic nitrogens is 1. The van der Waals surface area contributed by atoms with Crippen molar-refractivity contribution in [3.63, 3.8) is 0 Å². The predicted octanol–water partition coefficient (Wildman–Crippen LogP) is -1.00. The standard InChI is InChI=1S/C11H12N4O3/c12-8(16)6-4-11(5-14-6)10(17)15-9-7(18-11)2-1-3-13-9/h1-3,6,14H,4-5H2,(H2,12,16)(H,13,15,17)/t6-,11+/m0/s1. The van der Waals surface area contributed by atoms with Crippen molar-refractivity contribution < 1.29 is 14.3 Å². The van der Waals surface area contributed by atoms with Crippen molar-refractivity contribution in [1.29, 1.82) is 0 Å². The van der Waals surface area contributed by atoms with Crippen molar-refractivity contribution in [2.24, 2.45) is 5.73 Å². The summed E-state index contributed by atoms with van der Waals surface area (Å²) in [6, 6.07) is 2.90. The summed E-state index contributed by atoms with van der Waals surface area (Å²) in [5.74, 6) is 0.116. The molecule has 2 aliphatic heterocycles. The smallest absolute Gasteiger partial charge is 0.271 e. The van der Waals surface area contributed by atoms with Crippen LogP contribution in [0.3, 0.4) is 0 Å². The van der Waals surface area contributed by atoms with E-state index in [1.807, 2.05) is 0 Å². The predicted molar refractivity (Wildman–Crippen MR) is 61.8 cm³/mol. The van der Waals surface area contributed by atoms with Gasteiger partial charge >= 0.3 is 0 Å². The third-order valence-corrected chi connectivity index (χ3v) is 3.23. The first kappa shape index (κ1) is 11.0. The number of hydrogen-bond acceptors (Lipinski definition) is 5. The van der Waals surface area contributed by atoms with E-state index in [2.05, 4.69) is 15.6 Å². The summed E-state index contributed by atoms with van der Waals surface area (Å²) >= 11 is 0. The minimum absolute atomic E-state index is 0.225. The number of primary amides is 1. The number of fused-ring (bicyclic) bond motifs is 1. The lowest BCUT2D eigenvalue weighted by Crippen LogP contribution is -2.52. The molecule has 0 aromatic carbocycles. The third kappa shape index (κ3) is 1.52. The zero-order chi connectivity index (χ0) is 12.8. The Labute approximate surface area is 103 Å². The van der Waals surface area contributed by atoms with Gasteiger partial charge in [0.15, 0.2) is 11.6 Å². The largest absolute Gasteiger partial charge is 0.472 e. The van der Waals surface area contributed by atoms with E-state index in [1.165, 1.54) is 0 Å². The number of ether oxygens (including phenoxy) is 1. The summed E-state index contributed by atoms with van der Waals surface area (Å²) in [5, 5.41) is 5.58. The van der Waals surface area contributed by atoms with Crippen LogP contribution in [0.1, 0.15) is 6.42 Å². The Hall–Kier alpha value is -2.15. The van der Waals surface area contributed by atoms with Gasteiger partial charge in [-0.3, -0.25) is 9.59 Å². The molecule has 0 saturated carbocycles. The number of anilines is 1. The molecule has 7 heteroatoms. The van der Waals surface area contributed by atoms with Gasteiger partial charge in [0.1, 0.15) is 0 Å². The molecule has 1 spiro atoms.